The Kier molecular flexibility index (Phi) is 6.23. The number of ether oxygens (including phenoxy) is 1. The van der Waals surface area contributed by atoms with Gasteiger partial charge < -0.3 is 10.5 Å². The highest BCUT2D eigenvalue weighted by Gasteiger charge is 2.18. The second-order valence-electron chi connectivity index (χ2n) is 4.94. The van der Waals surface area contributed by atoms with E-state index in [2.05, 4.69) is 0 Å². The summed E-state index contributed by atoms with van der Waals surface area (Å²) in [4.78, 5) is 33.7. The lowest BCUT2D eigenvalue weighted by atomic mass is 10.1. The van der Waals surface area contributed by atoms with Gasteiger partial charge in [-0.3, -0.25) is 14.9 Å². The third kappa shape index (κ3) is 4.99. The fraction of sp³-hybridized carbons (Fsp3) is 0.125. The Bertz CT molecular complexity index is 843. The van der Waals surface area contributed by atoms with Gasteiger partial charge in [0, 0.05) is 16.5 Å². The van der Waals surface area contributed by atoms with Gasteiger partial charge in [0.1, 0.15) is 6.61 Å². The Morgan fingerprint density at radius 1 is 1.15 bits per heavy atom. The molecule has 2 rings (SSSR count). The third-order valence-corrected chi connectivity index (χ3v) is 3.96. The van der Waals surface area contributed by atoms with Crippen molar-refractivity contribution in [2.24, 2.45) is 5.73 Å². The molecule has 0 heterocycles. The molecule has 26 heavy (non-hydrogen) atoms. The average molecular weight is 382 g/mol. The van der Waals surface area contributed by atoms with Gasteiger partial charge in [0.05, 0.1) is 16.1 Å². The molecule has 2 N–H and O–H groups in total. The molecule has 0 spiro atoms. The van der Waals surface area contributed by atoms with Gasteiger partial charge in [-0.15, -0.1) is 0 Å². The van der Waals surface area contributed by atoms with Crippen molar-refractivity contribution in [3.8, 4) is 0 Å². The zero-order valence-electron chi connectivity index (χ0n) is 13.1. The molecular weight excluding hydrogens is 370 g/mol. The molecule has 0 saturated carbocycles. The zero-order chi connectivity index (χ0) is 19.3. The molecule has 136 valence electrons. The lowest BCUT2D eigenvalue weighted by Crippen LogP contribution is -2.12. The van der Waals surface area contributed by atoms with Crippen LogP contribution in [0.25, 0.3) is 0 Å². The van der Waals surface area contributed by atoms with Crippen LogP contribution < -0.4 is 5.73 Å². The maximum atomic E-state index is 12.3. The maximum absolute atomic E-state index is 12.3. The Morgan fingerprint density at radius 3 is 2.31 bits per heavy atom. The third-order valence-electron chi connectivity index (χ3n) is 3.24. The Labute approximate surface area is 150 Å². The number of hydrogen-bond donors (Lipinski definition) is 1. The molecule has 0 saturated heterocycles. The number of primary amides is 1. The van der Waals surface area contributed by atoms with Crippen LogP contribution in [0.5, 0.6) is 0 Å². The van der Waals surface area contributed by atoms with Gasteiger partial charge in [0.15, 0.2) is 0 Å². The van der Waals surface area contributed by atoms with Crippen molar-refractivity contribution in [3.05, 3.63) is 69.3 Å². The first kappa shape index (κ1) is 19.3. The first-order valence-electron chi connectivity index (χ1n) is 7.07. The van der Waals surface area contributed by atoms with E-state index in [0.717, 1.165) is 6.07 Å². The Morgan fingerprint density at radius 2 is 1.77 bits per heavy atom. The van der Waals surface area contributed by atoms with Crippen molar-refractivity contribution in [2.75, 3.05) is 0 Å². The molecule has 7 nitrogen and oxygen atoms in total. The maximum Gasteiger partial charge on any atom is 0.338 e. The number of carbonyl (C=O) groups is 2. The van der Waals surface area contributed by atoms with Crippen molar-refractivity contribution >= 4 is 29.3 Å². The van der Waals surface area contributed by atoms with Gasteiger partial charge >= 0.3 is 5.97 Å². The summed E-state index contributed by atoms with van der Waals surface area (Å²) in [7, 11) is 0. The number of benzene rings is 2. The number of alkyl halides is 2. The lowest BCUT2D eigenvalue weighted by molar-refractivity contribution is -0.385. The number of esters is 1. The number of amides is 1. The predicted octanol–water partition coefficient (Wildman–Crippen LogP) is 3.37. The summed E-state index contributed by atoms with van der Waals surface area (Å²) in [5.41, 5.74) is 4.82. The molecule has 0 aromatic heterocycles. The van der Waals surface area contributed by atoms with Crippen LogP contribution in [-0.4, -0.2) is 22.6 Å². The molecule has 0 aliphatic heterocycles. The van der Waals surface area contributed by atoms with Gasteiger partial charge in [-0.2, -0.15) is 8.78 Å². The van der Waals surface area contributed by atoms with Crippen LogP contribution in [0.2, 0.25) is 0 Å². The van der Waals surface area contributed by atoms with E-state index < -0.39 is 34.9 Å². The molecule has 2 aromatic rings. The minimum atomic E-state index is -2.57. The minimum Gasteiger partial charge on any atom is -0.457 e. The van der Waals surface area contributed by atoms with Crippen LogP contribution >= 0.6 is 11.8 Å². The number of hydrogen-bond acceptors (Lipinski definition) is 6. The van der Waals surface area contributed by atoms with E-state index >= 15 is 0 Å². The van der Waals surface area contributed by atoms with Crippen LogP contribution in [0.4, 0.5) is 14.5 Å². The molecule has 0 fully saturated rings. The monoisotopic (exact) mass is 382 g/mol. The molecule has 1 amide bonds. The molecule has 0 atom stereocenters. The molecule has 0 bridgehead atoms. The van der Waals surface area contributed by atoms with Crippen LogP contribution in [0.3, 0.4) is 0 Å². The average Bonchev–Trinajstić information content (AvgIpc) is 2.59. The summed E-state index contributed by atoms with van der Waals surface area (Å²) in [6, 6.07) is 8.88. The highest BCUT2D eigenvalue weighted by molar-refractivity contribution is 7.99. The summed E-state index contributed by atoms with van der Waals surface area (Å²) in [5.74, 6) is -4.16. The molecule has 0 aliphatic carbocycles. The van der Waals surface area contributed by atoms with Crippen molar-refractivity contribution in [1.29, 1.82) is 0 Å². The molecular formula is C16H12F2N2O5S. The lowest BCUT2D eigenvalue weighted by Gasteiger charge is -2.07. The summed E-state index contributed by atoms with van der Waals surface area (Å²) < 4.78 is 29.5. The highest BCUT2D eigenvalue weighted by Crippen LogP contribution is 2.26. The highest BCUT2D eigenvalue weighted by atomic mass is 32.2. The largest absolute Gasteiger partial charge is 0.457 e. The number of nitrogens with zero attached hydrogens (tertiary/aromatic N) is 1. The molecule has 0 unspecified atom stereocenters. The van der Waals surface area contributed by atoms with E-state index in [0.29, 0.717) is 11.8 Å². The summed E-state index contributed by atoms with van der Waals surface area (Å²) >= 11 is 0.340. The quantitative estimate of drug-likeness (QED) is 0.340. The normalized spacial score (nSPS) is 10.6. The molecule has 0 radical (unpaired) electrons. The second-order valence-corrected chi connectivity index (χ2v) is 6.01. The summed E-state index contributed by atoms with van der Waals surface area (Å²) in [6.07, 6.45) is 0. The standard InChI is InChI=1S/C16H12F2N2O5S/c17-16(18)26-12-5-3-9(4-6-12)15(22)25-8-11-2-1-10(14(19)21)7-13(11)20(23)24/h1-7,16H,8H2,(H2,19,21). The second kappa shape index (κ2) is 8.39. The van der Waals surface area contributed by atoms with Gasteiger partial charge in [-0.05, 0) is 36.4 Å². The van der Waals surface area contributed by atoms with Crippen molar-refractivity contribution in [2.45, 2.75) is 17.3 Å². The number of halogens is 2. The fourth-order valence-electron chi connectivity index (χ4n) is 2.01. The van der Waals surface area contributed by atoms with E-state index in [-0.39, 0.29) is 21.6 Å². The molecule has 10 heteroatoms. The number of nitrogens with two attached hydrogens (primary N) is 1. The van der Waals surface area contributed by atoms with Gasteiger partial charge in [0.2, 0.25) is 5.91 Å². The van der Waals surface area contributed by atoms with E-state index in [1.165, 1.54) is 36.4 Å². The Hall–Kier alpha value is -3.01. The number of nitro benzene ring substituents is 1. The molecule has 2 aromatic carbocycles. The number of carbonyl (C=O) groups excluding carboxylic acids is 2. The van der Waals surface area contributed by atoms with Gasteiger partial charge in [-0.25, -0.2) is 4.79 Å². The van der Waals surface area contributed by atoms with Gasteiger partial charge in [0.25, 0.3) is 11.4 Å². The summed E-state index contributed by atoms with van der Waals surface area (Å²) in [5, 5.41) is 11.1. The number of rotatable bonds is 7. The first-order chi connectivity index (χ1) is 12.3. The van der Waals surface area contributed by atoms with Crippen LogP contribution in [0.15, 0.2) is 47.4 Å². The van der Waals surface area contributed by atoms with Crippen LogP contribution in [0.1, 0.15) is 26.3 Å². The number of thioether (sulfide) groups is 1. The fourth-order valence-corrected chi connectivity index (χ4v) is 2.51. The van der Waals surface area contributed by atoms with Crippen LogP contribution in [0, 0.1) is 10.1 Å². The van der Waals surface area contributed by atoms with E-state index in [1.54, 1.807) is 0 Å². The van der Waals surface area contributed by atoms with E-state index in [1.807, 2.05) is 0 Å². The Balaban J connectivity index is 2.09. The SMILES string of the molecule is NC(=O)c1ccc(COC(=O)c2ccc(SC(F)F)cc2)c([N+](=O)[O-])c1. The smallest absolute Gasteiger partial charge is 0.338 e. The minimum absolute atomic E-state index is 0.0427. The topological polar surface area (TPSA) is 113 Å². The van der Waals surface area contributed by atoms with Crippen molar-refractivity contribution < 1.29 is 28.0 Å². The first-order valence-corrected chi connectivity index (χ1v) is 7.95. The van der Waals surface area contributed by atoms with E-state index in [4.69, 9.17) is 10.5 Å². The van der Waals surface area contributed by atoms with Gasteiger partial charge in [-0.1, -0.05) is 11.8 Å². The van der Waals surface area contributed by atoms with Crippen LogP contribution in [-0.2, 0) is 11.3 Å². The summed E-state index contributed by atoms with van der Waals surface area (Å²) in [6.45, 7) is -0.401. The molecule has 0 aliphatic rings. The van der Waals surface area contributed by atoms with E-state index in [9.17, 15) is 28.5 Å². The zero-order valence-corrected chi connectivity index (χ0v) is 13.9. The predicted molar refractivity (Wildman–Crippen MR) is 89.0 cm³/mol. The van der Waals surface area contributed by atoms with Crippen molar-refractivity contribution in [3.63, 3.8) is 0 Å². The number of nitro groups is 1. The van der Waals surface area contributed by atoms with Crippen molar-refractivity contribution in [1.82, 2.24) is 0 Å².